The van der Waals surface area contributed by atoms with Crippen molar-refractivity contribution in [2.45, 2.75) is 5.92 Å². The minimum absolute atomic E-state index is 0.141. The van der Waals surface area contributed by atoms with Gasteiger partial charge < -0.3 is 0 Å². The number of fused-ring (bicyclic) bond motifs is 1. The molecule has 2 aromatic carbocycles. The van der Waals surface area contributed by atoms with Crippen LogP contribution in [0.5, 0.6) is 0 Å². The molecule has 102 valence electrons. The van der Waals surface area contributed by atoms with Crippen LogP contribution in [-0.2, 0) is 0 Å². The Labute approximate surface area is 134 Å². The van der Waals surface area contributed by atoms with Gasteiger partial charge in [-0.25, -0.2) is 0 Å². The van der Waals surface area contributed by atoms with Crippen LogP contribution in [0.15, 0.2) is 58.4 Å². The van der Waals surface area contributed by atoms with E-state index >= 15 is 0 Å². The van der Waals surface area contributed by atoms with Crippen molar-refractivity contribution >= 4 is 43.1 Å². The monoisotopic (exact) mass is 355 g/mol. The number of thiophene rings is 1. The van der Waals surface area contributed by atoms with Crippen molar-refractivity contribution in [3.63, 3.8) is 0 Å². The summed E-state index contributed by atoms with van der Waals surface area (Å²) in [7, 11) is 0. The van der Waals surface area contributed by atoms with Crippen molar-refractivity contribution in [2.75, 3.05) is 0 Å². The van der Waals surface area contributed by atoms with Crippen LogP contribution >= 0.6 is 27.3 Å². The lowest BCUT2D eigenvalue weighted by Crippen LogP contribution is -2.10. The number of benzene rings is 2. The molecule has 3 rings (SSSR count). The molecular formula is C17H10BrNOS. The molecule has 1 aromatic heterocycles. The normalized spacial score (nSPS) is 12.0. The first-order valence-electron chi connectivity index (χ1n) is 6.36. The summed E-state index contributed by atoms with van der Waals surface area (Å²) in [6, 6.07) is 17.2. The minimum Gasteiger partial charge on any atom is -0.292 e. The lowest BCUT2D eigenvalue weighted by Gasteiger charge is -2.08. The predicted molar refractivity (Wildman–Crippen MR) is 88.7 cm³/mol. The highest BCUT2D eigenvalue weighted by Crippen LogP contribution is 2.30. The predicted octanol–water partition coefficient (Wildman–Crippen LogP) is 5.15. The molecule has 1 atom stereocenters. The number of nitriles is 1. The standard InChI is InChI=1S/C17H10BrNOS/c18-12-7-5-11(6-8-12)14(9-19)17(20)15-10-21-16-4-2-1-3-13(15)16/h1-8,10,14H. The molecule has 0 aliphatic heterocycles. The van der Waals surface area contributed by atoms with E-state index in [0.29, 0.717) is 5.56 Å². The number of halogens is 1. The molecule has 1 unspecified atom stereocenters. The van der Waals surface area contributed by atoms with Crippen molar-refractivity contribution in [1.29, 1.82) is 5.26 Å². The highest BCUT2D eigenvalue weighted by Gasteiger charge is 2.24. The van der Waals surface area contributed by atoms with Gasteiger partial charge in [-0.1, -0.05) is 46.3 Å². The Morgan fingerprint density at radius 1 is 1.14 bits per heavy atom. The summed E-state index contributed by atoms with van der Waals surface area (Å²) in [5.74, 6) is -0.909. The fourth-order valence-electron chi connectivity index (χ4n) is 2.26. The first-order chi connectivity index (χ1) is 10.2. The summed E-state index contributed by atoms with van der Waals surface area (Å²) in [5.41, 5.74) is 1.35. The Kier molecular flexibility index (Phi) is 3.87. The highest BCUT2D eigenvalue weighted by atomic mass is 79.9. The SMILES string of the molecule is N#CC(C(=O)c1csc2ccccc12)c1ccc(Br)cc1. The number of Topliss-reactive ketones (excluding diaryl/α,β-unsaturated/α-hetero) is 1. The number of hydrogen-bond donors (Lipinski definition) is 0. The Hall–Kier alpha value is -1.96. The Morgan fingerprint density at radius 3 is 2.57 bits per heavy atom. The number of nitrogens with zero attached hydrogens (tertiary/aromatic N) is 1. The highest BCUT2D eigenvalue weighted by molar-refractivity contribution is 9.10. The molecule has 0 saturated heterocycles. The quantitative estimate of drug-likeness (QED) is 0.609. The van der Waals surface area contributed by atoms with Gasteiger partial charge in [0, 0.05) is 25.5 Å². The fraction of sp³-hybridized carbons (Fsp3) is 0.0588. The molecule has 0 bridgehead atoms. The lowest BCUT2D eigenvalue weighted by atomic mass is 9.92. The van der Waals surface area contributed by atoms with E-state index in [1.54, 1.807) is 0 Å². The topological polar surface area (TPSA) is 40.9 Å². The van der Waals surface area contributed by atoms with Crippen molar-refractivity contribution < 1.29 is 4.79 Å². The third-order valence-electron chi connectivity index (χ3n) is 3.34. The molecule has 0 fully saturated rings. The van der Waals surface area contributed by atoms with E-state index in [9.17, 15) is 10.1 Å². The van der Waals surface area contributed by atoms with E-state index in [-0.39, 0.29) is 5.78 Å². The second-order valence-electron chi connectivity index (χ2n) is 4.62. The van der Waals surface area contributed by atoms with Gasteiger partial charge in [0.1, 0.15) is 5.92 Å². The second kappa shape index (κ2) is 5.80. The molecule has 1 heterocycles. The zero-order valence-corrected chi connectivity index (χ0v) is 13.3. The Bertz CT molecular complexity index is 845. The summed E-state index contributed by atoms with van der Waals surface area (Å²) in [4.78, 5) is 12.7. The van der Waals surface area contributed by atoms with Crippen molar-refractivity contribution in [3.05, 3.63) is 69.5 Å². The number of ketones is 1. The van der Waals surface area contributed by atoms with Crippen LogP contribution in [0.3, 0.4) is 0 Å². The molecule has 0 N–H and O–H groups in total. The number of carbonyl (C=O) groups is 1. The smallest absolute Gasteiger partial charge is 0.185 e. The van der Waals surface area contributed by atoms with E-state index in [1.807, 2.05) is 53.9 Å². The maximum Gasteiger partial charge on any atom is 0.185 e. The summed E-state index contributed by atoms with van der Waals surface area (Å²) in [6.45, 7) is 0. The minimum atomic E-state index is -0.767. The zero-order chi connectivity index (χ0) is 14.8. The van der Waals surface area contributed by atoms with Gasteiger partial charge >= 0.3 is 0 Å². The molecule has 4 heteroatoms. The van der Waals surface area contributed by atoms with E-state index in [1.165, 1.54) is 11.3 Å². The Balaban J connectivity index is 2.03. The third kappa shape index (κ3) is 2.63. The maximum absolute atomic E-state index is 12.7. The van der Waals surface area contributed by atoms with E-state index in [0.717, 1.165) is 20.1 Å². The van der Waals surface area contributed by atoms with Crippen molar-refractivity contribution in [2.24, 2.45) is 0 Å². The third-order valence-corrected chi connectivity index (χ3v) is 4.83. The average Bonchev–Trinajstić information content (AvgIpc) is 2.94. The average molecular weight is 356 g/mol. The van der Waals surface area contributed by atoms with Gasteiger partial charge in [-0.3, -0.25) is 4.79 Å². The summed E-state index contributed by atoms with van der Waals surface area (Å²) in [5, 5.41) is 12.2. The van der Waals surface area contributed by atoms with Crippen molar-refractivity contribution in [1.82, 2.24) is 0 Å². The van der Waals surface area contributed by atoms with Gasteiger partial charge in [-0.2, -0.15) is 5.26 Å². The van der Waals surface area contributed by atoms with Crippen LogP contribution in [0.1, 0.15) is 21.8 Å². The van der Waals surface area contributed by atoms with E-state index in [2.05, 4.69) is 22.0 Å². The molecular weight excluding hydrogens is 346 g/mol. The van der Waals surface area contributed by atoms with Crippen LogP contribution in [0.4, 0.5) is 0 Å². The first-order valence-corrected chi connectivity index (χ1v) is 8.03. The molecule has 2 nitrogen and oxygen atoms in total. The lowest BCUT2D eigenvalue weighted by molar-refractivity contribution is 0.0981. The van der Waals surface area contributed by atoms with Gasteiger partial charge in [0.15, 0.2) is 5.78 Å². The van der Waals surface area contributed by atoms with Crippen LogP contribution < -0.4 is 0 Å². The largest absolute Gasteiger partial charge is 0.292 e. The van der Waals surface area contributed by atoms with E-state index < -0.39 is 5.92 Å². The molecule has 21 heavy (non-hydrogen) atoms. The fourth-order valence-corrected chi connectivity index (χ4v) is 3.48. The Morgan fingerprint density at radius 2 is 1.86 bits per heavy atom. The van der Waals surface area contributed by atoms with Crippen LogP contribution in [-0.4, -0.2) is 5.78 Å². The summed E-state index contributed by atoms with van der Waals surface area (Å²) in [6.07, 6.45) is 0. The summed E-state index contributed by atoms with van der Waals surface area (Å²) < 4.78 is 1.99. The number of hydrogen-bond acceptors (Lipinski definition) is 3. The van der Waals surface area contributed by atoms with Gasteiger partial charge in [0.2, 0.25) is 0 Å². The first kappa shape index (κ1) is 14.0. The maximum atomic E-state index is 12.7. The van der Waals surface area contributed by atoms with Gasteiger partial charge in [0.05, 0.1) is 6.07 Å². The van der Waals surface area contributed by atoms with E-state index in [4.69, 9.17) is 0 Å². The number of rotatable bonds is 3. The molecule has 0 amide bonds. The molecule has 0 spiro atoms. The molecule has 0 aliphatic carbocycles. The zero-order valence-electron chi connectivity index (χ0n) is 10.9. The molecule has 0 aliphatic rings. The van der Waals surface area contributed by atoms with Crippen LogP contribution in [0, 0.1) is 11.3 Å². The van der Waals surface area contributed by atoms with Gasteiger partial charge in [-0.05, 0) is 23.8 Å². The van der Waals surface area contributed by atoms with Gasteiger partial charge in [-0.15, -0.1) is 11.3 Å². The van der Waals surface area contributed by atoms with Crippen molar-refractivity contribution in [3.8, 4) is 6.07 Å². The van der Waals surface area contributed by atoms with Gasteiger partial charge in [0.25, 0.3) is 0 Å². The summed E-state index contributed by atoms with van der Waals surface area (Å²) >= 11 is 4.89. The van der Waals surface area contributed by atoms with Crippen LogP contribution in [0.2, 0.25) is 0 Å². The molecule has 0 radical (unpaired) electrons. The molecule has 0 saturated carbocycles. The number of carbonyl (C=O) groups excluding carboxylic acids is 1. The van der Waals surface area contributed by atoms with Crippen LogP contribution in [0.25, 0.3) is 10.1 Å². The second-order valence-corrected chi connectivity index (χ2v) is 6.45. The molecule has 3 aromatic rings.